The first-order valence-corrected chi connectivity index (χ1v) is 7.14. The molecule has 0 unspecified atom stereocenters. The minimum Gasteiger partial charge on any atom is -0.494 e. The molecule has 4 nitrogen and oxygen atoms in total. The second-order valence-corrected chi connectivity index (χ2v) is 5.09. The van der Waals surface area contributed by atoms with Crippen LogP contribution in [0.15, 0.2) is 24.3 Å². The van der Waals surface area contributed by atoms with Crippen LogP contribution in [0.2, 0.25) is 0 Å². The summed E-state index contributed by atoms with van der Waals surface area (Å²) in [5.41, 5.74) is 0.939. The number of rotatable bonds is 6. The van der Waals surface area contributed by atoms with Crippen LogP contribution in [0.1, 0.15) is 24.8 Å². The van der Waals surface area contributed by atoms with E-state index in [-0.39, 0.29) is 5.97 Å². The number of benzene rings is 1. The lowest BCUT2D eigenvalue weighted by Crippen LogP contribution is -2.17. The van der Waals surface area contributed by atoms with Crippen LogP contribution >= 0.6 is 0 Å². The van der Waals surface area contributed by atoms with E-state index in [1.807, 2.05) is 24.3 Å². The van der Waals surface area contributed by atoms with E-state index in [9.17, 15) is 4.79 Å². The van der Waals surface area contributed by atoms with E-state index in [4.69, 9.17) is 9.47 Å². The van der Waals surface area contributed by atoms with E-state index in [1.165, 1.54) is 7.11 Å². The molecular weight excluding hydrogens is 256 g/mol. The number of ether oxygens (including phenoxy) is 3. The van der Waals surface area contributed by atoms with Crippen LogP contribution in [0.5, 0.6) is 5.75 Å². The molecule has 1 heterocycles. The number of carbonyl (C=O) groups excluding carboxylic acids is 1. The van der Waals surface area contributed by atoms with Crippen molar-refractivity contribution in [3.63, 3.8) is 0 Å². The summed E-state index contributed by atoms with van der Waals surface area (Å²) in [6.45, 7) is 2.50. The van der Waals surface area contributed by atoms with E-state index >= 15 is 0 Å². The minimum atomic E-state index is -0.224. The highest BCUT2D eigenvalue weighted by Gasteiger charge is 2.13. The first kappa shape index (κ1) is 14.9. The second kappa shape index (κ2) is 7.90. The summed E-state index contributed by atoms with van der Waals surface area (Å²) >= 11 is 0. The molecule has 110 valence electrons. The Bertz CT molecular complexity index is 407. The molecule has 0 saturated carbocycles. The molecule has 0 aliphatic carbocycles. The van der Waals surface area contributed by atoms with Gasteiger partial charge in [-0.15, -0.1) is 0 Å². The van der Waals surface area contributed by atoms with Gasteiger partial charge >= 0.3 is 5.97 Å². The fourth-order valence-corrected chi connectivity index (χ4v) is 2.32. The average Bonchev–Trinajstić information content (AvgIpc) is 2.50. The Morgan fingerprint density at radius 2 is 1.95 bits per heavy atom. The van der Waals surface area contributed by atoms with Gasteiger partial charge in [-0.1, -0.05) is 12.1 Å². The van der Waals surface area contributed by atoms with E-state index < -0.39 is 0 Å². The Kier molecular flexibility index (Phi) is 5.87. The topological polar surface area (TPSA) is 44.8 Å². The third kappa shape index (κ3) is 4.85. The molecule has 0 amide bonds. The predicted octanol–water partition coefficient (Wildman–Crippen LogP) is 2.60. The normalized spacial score (nSPS) is 15.8. The lowest BCUT2D eigenvalue weighted by molar-refractivity contribution is -0.139. The largest absolute Gasteiger partial charge is 0.494 e. The summed E-state index contributed by atoms with van der Waals surface area (Å²) in [6.07, 6.45) is 3.66. The van der Waals surface area contributed by atoms with Gasteiger partial charge in [0, 0.05) is 13.2 Å². The van der Waals surface area contributed by atoms with Crippen molar-refractivity contribution in [2.24, 2.45) is 5.92 Å². The van der Waals surface area contributed by atoms with Crippen molar-refractivity contribution >= 4 is 5.97 Å². The highest BCUT2D eigenvalue weighted by molar-refractivity contribution is 5.72. The zero-order valence-corrected chi connectivity index (χ0v) is 12.0. The molecule has 0 spiro atoms. The average molecular weight is 278 g/mol. The standard InChI is InChI=1S/C16H22O4/c1-18-16(17)12-14-2-4-15(5-3-14)20-11-8-13-6-9-19-10-7-13/h2-5,13H,6-12H2,1H3. The molecule has 1 aliphatic heterocycles. The summed E-state index contributed by atoms with van der Waals surface area (Å²) in [4.78, 5) is 11.1. The van der Waals surface area contributed by atoms with Crippen LogP contribution in [0.25, 0.3) is 0 Å². The number of methoxy groups -OCH3 is 1. The molecule has 1 aromatic rings. The molecule has 4 heteroatoms. The third-order valence-electron chi connectivity index (χ3n) is 3.64. The van der Waals surface area contributed by atoms with Gasteiger partial charge in [0.2, 0.25) is 0 Å². The van der Waals surface area contributed by atoms with Gasteiger partial charge in [0.05, 0.1) is 20.1 Å². The molecule has 1 aliphatic rings. The summed E-state index contributed by atoms with van der Waals surface area (Å²) in [6, 6.07) is 7.62. The highest BCUT2D eigenvalue weighted by Crippen LogP contribution is 2.19. The van der Waals surface area contributed by atoms with Crippen LogP contribution in [0, 0.1) is 5.92 Å². The first-order valence-electron chi connectivity index (χ1n) is 7.14. The van der Waals surface area contributed by atoms with Gasteiger partial charge in [0.15, 0.2) is 0 Å². The fraction of sp³-hybridized carbons (Fsp3) is 0.562. The lowest BCUT2D eigenvalue weighted by Gasteiger charge is -2.21. The first-order chi connectivity index (χ1) is 9.78. The van der Waals surface area contributed by atoms with Crippen molar-refractivity contribution in [1.29, 1.82) is 0 Å². The van der Waals surface area contributed by atoms with Gasteiger partial charge in [0.1, 0.15) is 5.75 Å². The van der Waals surface area contributed by atoms with Crippen molar-refractivity contribution in [3.8, 4) is 5.75 Å². The third-order valence-corrected chi connectivity index (χ3v) is 3.64. The predicted molar refractivity (Wildman–Crippen MR) is 75.8 cm³/mol. The van der Waals surface area contributed by atoms with Gasteiger partial charge < -0.3 is 14.2 Å². The van der Waals surface area contributed by atoms with Crippen LogP contribution in [-0.2, 0) is 20.7 Å². The van der Waals surface area contributed by atoms with Gasteiger partial charge in [-0.05, 0) is 42.9 Å². The molecule has 0 N–H and O–H groups in total. The van der Waals surface area contributed by atoms with Crippen LogP contribution in [0.3, 0.4) is 0 Å². The highest BCUT2D eigenvalue weighted by atomic mass is 16.5. The minimum absolute atomic E-state index is 0.224. The monoisotopic (exact) mass is 278 g/mol. The van der Waals surface area contributed by atoms with Crippen LogP contribution < -0.4 is 4.74 Å². The molecule has 0 aromatic heterocycles. The molecule has 20 heavy (non-hydrogen) atoms. The molecule has 1 saturated heterocycles. The number of hydrogen-bond donors (Lipinski definition) is 0. The van der Waals surface area contributed by atoms with Crippen molar-refractivity contribution in [2.75, 3.05) is 26.9 Å². The Balaban J connectivity index is 1.71. The van der Waals surface area contributed by atoms with Crippen molar-refractivity contribution in [1.82, 2.24) is 0 Å². The molecule has 0 radical (unpaired) electrons. The number of carbonyl (C=O) groups is 1. The Hall–Kier alpha value is -1.55. The molecule has 0 bridgehead atoms. The Morgan fingerprint density at radius 1 is 1.25 bits per heavy atom. The van der Waals surface area contributed by atoms with Gasteiger partial charge in [-0.25, -0.2) is 0 Å². The van der Waals surface area contributed by atoms with Gasteiger partial charge in [-0.2, -0.15) is 0 Å². The fourth-order valence-electron chi connectivity index (χ4n) is 2.32. The number of esters is 1. The van der Waals surface area contributed by atoms with E-state index in [1.54, 1.807) is 0 Å². The molecular formula is C16H22O4. The van der Waals surface area contributed by atoms with E-state index in [2.05, 4.69) is 4.74 Å². The van der Waals surface area contributed by atoms with E-state index in [0.29, 0.717) is 6.42 Å². The quantitative estimate of drug-likeness (QED) is 0.750. The number of hydrogen-bond acceptors (Lipinski definition) is 4. The van der Waals surface area contributed by atoms with Gasteiger partial charge in [-0.3, -0.25) is 4.79 Å². The van der Waals surface area contributed by atoms with Gasteiger partial charge in [0.25, 0.3) is 0 Å². The van der Waals surface area contributed by atoms with Crippen LogP contribution in [-0.4, -0.2) is 32.9 Å². The van der Waals surface area contributed by atoms with E-state index in [0.717, 1.165) is 56.3 Å². The lowest BCUT2D eigenvalue weighted by atomic mass is 9.97. The zero-order chi connectivity index (χ0) is 14.2. The second-order valence-electron chi connectivity index (χ2n) is 5.09. The Labute approximate surface area is 120 Å². The Morgan fingerprint density at radius 3 is 2.60 bits per heavy atom. The maximum absolute atomic E-state index is 11.1. The maximum Gasteiger partial charge on any atom is 0.309 e. The maximum atomic E-state index is 11.1. The summed E-state index contributed by atoms with van der Waals surface area (Å²) in [7, 11) is 1.40. The SMILES string of the molecule is COC(=O)Cc1ccc(OCCC2CCOCC2)cc1. The molecule has 1 aromatic carbocycles. The van der Waals surface area contributed by atoms with Crippen molar-refractivity contribution in [3.05, 3.63) is 29.8 Å². The zero-order valence-electron chi connectivity index (χ0n) is 12.0. The summed E-state index contributed by atoms with van der Waals surface area (Å²) in [5.74, 6) is 1.35. The van der Waals surface area contributed by atoms with Crippen LogP contribution in [0.4, 0.5) is 0 Å². The summed E-state index contributed by atoms with van der Waals surface area (Å²) < 4.78 is 15.7. The molecule has 1 fully saturated rings. The van der Waals surface area contributed by atoms with Crippen molar-refractivity contribution < 1.29 is 19.0 Å². The summed E-state index contributed by atoms with van der Waals surface area (Å²) in [5, 5.41) is 0. The molecule has 0 atom stereocenters. The smallest absolute Gasteiger partial charge is 0.309 e. The van der Waals surface area contributed by atoms with Crippen molar-refractivity contribution in [2.45, 2.75) is 25.7 Å². The molecule has 2 rings (SSSR count).